The van der Waals surface area contributed by atoms with Crippen molar-refractivity contribution in [2.24, 2.45) is 0 Å². The van der Waals surface area contributed by atoms with Crippen molar-refractivity contribution < 1.29 is 23.9 Å². The molecule has 0 aromatic heterocycles. The molecular formula is C33H31N3O5. The number of urea groups is 1. The number of nitrogens with one attached hydrogen (secondary N) is 2. The number of amides is 3. The fourth-order valence-electron chi connectivity index (χ4n) is 5.08. The lowest BCUT2D eigenvalue weighted by Gasteiger charge is -2.26. The number of hydrazine groups is 1. The molecule has 2 N–H and O–H groups in total. The van der Waals surface area contributed by atoms with Crippen molar-refractivity contribution >= 4 is 18.1 Å². The number of ether oxygens (including phenoxy) is 2. The highest BCUT2D eigenvalue weighted by atomic mass is 16.6. The molecule has 4 aromatic rings. The zero-order chi connectivity index (χ0) is 28.6. The number of fused-ring (bicyclic) bond motifs is 3. The van der Waals surface area contributed by atoms with Crippen molar-refractivity contribution in [1.82, 2.24) is 15.8 Å². The van der Waals surface area contributed by atoms with Gasteiger partial charge in [0.2, 0.25) is 0 Å². The largest absolute Gasteiger partial charge is 0.467 e. The molecule has 0 heterocycles. The van der Waals surface area contributed by atoms with Crippen molar-refractivity contribution in [3.05, 3.63) is 131 Å². The second kappa shape index (κ2) is 12.8. The van der Waals surface area contributed by atoms with Crippen LogP contribution in [0.1, 0.15) is 28.2 Å². The topological polar surface area (TPSA) is 97.0 Å². The number of hydrogen-bond donors (Lipinski definition) is 2. The molecule has 1 atom stereocenters. The second-order valence-electron chi connectivity index (χ2n) is 9.72. The number of benzene rings is 4. The van der Waals surface area contributed by atoms with Crippen molar-refractivity contribution in [1.29, 1.82) is 0 Å². The number of hydrogen-bond acceptors (Lipinski definition) is 5. The number of nitrogens with zero attached hydrogens (tertiary/aromatic N) is 1. The zero-order valence-electron chi connectivity index (χ0n) is 22.7. The fraction of sp³-hybridized carbons (Fsp3) is 0.182. The molecule has 0 spiro atoms. The number of carbonyl (C=O) groups is 3. The van der Waals surface area contributed by atoms with Crippen molar-refractivity contribution in [2.75, 3.05) is 13.7 Å². The maximum Gasteiger partial charge on any atom is 0.426 e. The van der Waals surface area contributed by atoms with Gasteiger partial charge in [-0.3, -0.25) is 0 Å². The van der Waals surface area contributed by atoms with Crippen LogP contribution in [0.25, 0.3) is 11.1 Å². The third-order valence-corrected chi connectivity index (χ3v) is 7.06. The molecule has 0 fully saturated rings. The summed E-state index contributed by atoms with van der Waals surface area (Å²) in [5, 5.41) is 3.81. The Bertz CT molecular complexity index is 1460. The number of methoxy groups -OCH3 is 1. The first-order valence-electron chi connectivity index (χ1n) is 13.4. The summed E-state index contributed by atoms with van der Waals surface area (Å²) in [7, 11) is 1.27. The van der Waals surface area contributed by atoms with E-state index in [9.17, 15) is 14.4 Å². The Kier molecular flexibility index (Phi) is 8.59. The molecule has 0 aliphatic heterocycles. The van der Waals surface area contributed by atoms with E-state index < -0.39 is 24.1 Å². The lowest BCUT2D eigenvalue weighted by Crippen LogP contribution is -2.54. The standard InChI is InChI=1S/C33H31N3O5/c1-40-31(37)30(20-23-12-4-2-5-13-23)34-32(38)36(21-24-14-6-3-7-15-24)35-33(39)41-22-29-27-18-10-8-16-25(27)26-17-9-11-19-28(26)29/h2-19,29-30H,20-22H2,1H3,(H,34,38)(H,35,39). The van der Waals surface area contributed by atoms with E-state index in [1.165, 1.54) is 7.11 Å². The van der Waals surface area contributed by atoms with Gasteiger partial charge in [-0.1, -0.05) is 109 Å². The van der Waals surface area contributed by atoms with Gasteiger partial charge in [-0.25, -0.2) is 24.8 Å². The molecule has 208 valence electrons. The van der Waals surface area contributed by atoms with Crippen LogP contribution in [0.4, 0.5) is 9.59 Å². The Morgan fingerprint density at radius 3 is 1.88 bits per heavy atom. The van der Waals surface area contributed by atoms with Gasteiger partial charge in [-0.15, -0.1) is 0 Å². The summed E-state index contributed by atoms with van der Waals surface area (Å²) in [6, 6.07) is 33.0. The normalized spacial score (nSPS) is 12.4. The maximum atomic E-state index is 13.4. The molecule has 0 saturated heterocycles. The first-order chi connectivity index (χ1) is 20.0. The molecule has 41 heavy (non-hydrogen) atoms. The van der Waals surface area contributed by atoms with Gasteiger partial charge >= 0.3 is 18.1 Å². The lowest BCUT2D eigenvalue weighted by molar-refractivity contribution is -0.142. The summed E-state index contributed by atoms with van der Waals surface area (Å²) >= 11 is 0. The van der Waals surface area contributed by atoms with Crippen LogP contribution in [0.3, 0.4) is 0 Å². The van der Waals surface area contributed by atoms with Crippen LogP contribution in [0.2, 0.25) is 0 Å². The average Bonchev–Trinajstić information content (AvgIpc) is 3.33. The molecule has 4 aromatic carbocycles. The highest BCUT2D eigenvalue weighted by molar-refractivity contribution is 5.85. The third-order valence-electron chi connectivity index (χ3n) is 7.06. The zero-order valence-corrected chi connectivity index (χ0v) is 22.7. The summed E-state index contributed by atoms with van der Waals surface area (Å²) in [6.07, 6.45) is -0.556. The Labute approximate surface area is 238 Å². The minimum Gasteiger partial charge on any atom is -0.467 e. The molecule has 0 bridgehead atoms. The Morgan fingerprint density at radius 2 is 1.29 bits per heavy atom. The van der Waals surface area contributed by atoms with Gasteiger partial charge in [0.1, 0.15) is 12.6 Å². The van der Waals surface area contributed by atoms with Crippen LogP contribution in [0.5, 0.6) is 0 Å². The predicted molar refractivity (Wildman–Crippen MR) is 155 cm³/mol. The Balaban J connectivity index is 1.29. The van der Waals surface area contributed by atoms with Crippen LogP contribution in [-0.2, 0) is 27.2 Å². The van der Waals surface area contributed by atoms with Crippen molar-refractivity contribution in [2.45, 2.75) is 24.9 Å². The van der Waals surface area contributed by atoms with E-state index in [2.05, 4.69) is 22.9 Å². The minimum absolute atomic E-state index is 0.0517. The summed E-state index contributed by atoms with van der Waals surface area (Å²) in [4.78, 5) is 39.0. The summed E-state index contributed by atoms with van der Waals surface area (Å²) in [5.41, 5.74) is 8.61. The van der Waals surface area contributed by atoms with Gasteiger partial charge in [0, 0.05) is 12.3 Å². The van der Waals surface area contributed by atoms with E-state index in [1.807, 2.05) is 97.1 Å². The monoisotopic (exact) mass is 549 g/mol. The molecule has 3 amide bonds. The molecule has 1 aliphatic rings. The second-order valence-corrected chi connectivity index (χ2v) is 9.72. The van der Waals surface area contributed by atoms with Gasteiger partial charge in [0.15, 0.2) is 0 Å². The van der Waals surface area contributed by atoms with Gasteiger partial charge < -0.3 is 14.8 Å². The first-order valence-corrected chi connectivity index (χ1v) is 13.4. The third kappa shape index (κ3) is 6.55. The van der Waals surface area contributed by atoms with E-state index in [-0.39, 0.29) is 25.5 Å². The number of rotatable bonds is 8. The molecule has 0 saturated carbocycles. The number of esters is 1. The average molecular weight is 550 g/mol. The van der Waals surface area contributed by atoms with Gasteiger partial charge in [0.25, 0.3) is 0 Å². The molecule has 8 heteroatoms. The predicted octanol–water partition coefficient (Wildman–Crippen LogP) is 5.44. The van der Waals surface area contributed by atoms with Crippen LogP contribution < -0.4 is 10.7 Å². The van der Waals surface area contributed by atoms with E-state index in [1.54, 1.807) is 0 Å². The first kappa shape index (κ1) is 27.5. The van der Waals surface area contributed by atoms with E-state index in [0.717, 1.165) is 38.4 Å². The Morgan fingerprint density at radius 1 is 0.756 bits per heavy atom. The molecule has 1 unspecified atom stereocenters. The lowest BCUT2D eigenvalue weighted by atomic mass is 9.98. The summed E-state index contributed by atoms with van der Waals surface area (Å²) < 4.78 is 10.6. The van der Waals surface area contributed by atoms with E-state index in [0.29, 0.717) is 0 Å². The van der Waals surface area contributed by atoms with Gasteiger partial charge in [0.05, 0.1) is 13.7 Å². The van der Waals surface area contributed by atoms with Crippen LogP contribution in [0, 0.1) is 0 Å². The van der Waals surface area contributed by atoms with Crippen LogP contribution in [-0.4, -0.2) is 42.9 Å². The fourth-order valence-corrected chi connectivity index (χ4v) is 5.08. The summed E-state index contributed by atoms with van der Waals surface area (Å²) in [5.74, 6) is -0.720. The molecular weight excluding hydrogens is 518 g/mol. The molecule has 1 aliphatic carbocycles. The van der Waals surface area contributed by atoms with E-state index >= 15 is 0 Å². The highest BCUT2D eigenvalue weighted by Crippen LogP contribution is 2.44. The minimum atomic E-state index is -0.961. The number of carbonyl (C=O) groups excluding carboxylic acids is 3. The molecule has 5 rings (SSSR count). The van der Waals surface area contributed by atoms with Crippen molar-refractivity contribution in [3.8, 4) is 11.1 Å². The van der Waals surface area contributed by atoms with Crippen LogP contribution in [0.15, 0.2) is 109 Å². The molecule has 8 nitrogen and oxygen atoms in total. The Hall–Kier alpha value is -5.11. The quantitative estimate of drug-likeness (QED) is 0.226. The van der Waals surface area contributed by atoms with E-state index in [4.69, 9.17) is 9.47 Å². The summed E-state index contributed by atoms with van der Waals surface area (Å²) in [6.45, 7) is 0.148. The van der Waals surface area contributed by atoms with Gasteiger partial charge in [-0.2, -0.15) is 0 Å². The smallest absolute Gasteiger partial charge is 0.426 e. The molecule has 0 radical (unpaired) electrons. The van der Waals surface area contributed by atoms with Gasteiger partial charge in [-0.05, 0) is 33.4 Å². The van der Waals surface area contributed by atoms with Crippen LogP contribution >= 0.6 is 0 Å². The highest BCUT2D eigenvalue weighted by Gasteiger charge is 2.30. The van der Waals surface area contributed by atoms with Crippen molar-refractivity contribution in [3.63, 3.8) is 0 Å². The maximum absolute atomic E-state index is 13.4. The SMILES string of the molecule is COC(=O)C(Cc1ccccc1)NC(=O)N(Cc1ccccc1)NC(=O)OCC1c2ccccc2-c2ccccc21.